The molecule has 1 aliphatic heterocycles. The minimum absolute atomic E-state index is 0.167. The molecular weight excluding hydrogens is 458 g/mol. The van der Waals surface area contributed by atoms with Gasteiger partial charge in [0.2, 0.25) is 0 Å². The Morgan fingerprint density at radius 2 is 1.36 bits per heavy atom. The Labute approximate surface area is 206 Å². The average molecular weight is 479 g/mol. The zero-order valence-electron chi connectivity index (χ0n) is 19.2. The highest BCUT2D eigenvalue weighted by molar-refractivity contribution is 6.46. The van der Waals surface area contributed by atoms with E-state index in [9.17, 15) is 24.3 Å². The molecule has 2 heterocycles. The van der Waals surface area contributed by atoms with Gasteiger partial charge < -0.3 is 9.67 Å². The van der Waals surface area contributed by atoms with E-state index >= 15 is 0 Å². The maximum Gasteiger partial charge on any atom is 0.343 e. The summed E-state index contributed by atoms with van der Waals surface area (Å²) in [5, 5.41) is 10.1. The first-order valence-electron chi connectivity index (χ1n) is 11.2. The van der Waals surface area contributed by atoms with Gasteiger partial charge in [0, 0.05) is 17.1 Å². The number of carbonyl (C=O) groups excluding carboxylic acids is 3. The van der Waals surface area contributed by atoms with Gasteiger partial charge in [0.05, 0.1) is 11.4 Å². The lowest BCUT2D eigenvalue weighted by atomic mass is 10.0. The maximum atomic E-state index is 13.5. The largest absolute Gasteiger partial charge is 0.480 e. The molecular formula is C28H21N3O5. The number of benzene rings is 3. The molecule has 1 N–H and O–H groups in total. The van der Waals surface area contributed by atoms with Gasteiger partial charge in [-0.15, -0.1) is 0 Å². The van der Waals surface area contributed by atoms with Crippen LogP contribution in [-0.4, -0.2) is 33.5 Å². The Hall–Kier alpha value is -4.98. The number of fused-ring (bicyclic) bond motifs is 1. The fourth-order valence-electron chi connectivity index (χ4n) is 4.23. The summed E-state index contributed by atoms with van der Waals surface area (Å²) in [6, 6.07) is 22.4. The molecule has 0 unspecified atom stereocenters. The van der Waals surface area contributed by atoms with E-state index in [1.807, 2.05) is 0 Å². The summed E-state index contributed by atoms with van der Waals surface area (Å²) in [6.07, 6.45) is 3.14. The predicted molar refractivity (Wildman–Crippen MR) is 136 cm³/mol. The lowest BCUT2D eigenvalue weighted by Crippen LogP contribution is -2.57. The van der Waals surface area contributed by atoms with Gasteiger partial charge in [-0.3, -0.25) is 9.59 Å². The SMILES string of the molecule is C[C@@H](C(=O)O)n1ccc2cc(C=C3C(=O)N(c4ccccc4)C(=O)N(c4ccccc4)C3=O)ccc21. The van der Waals surface area contributed by atoms with E-state index in [1.165, 1.54) is 6.08 Å². The summed E-state index contributed by atoms with van der Waals surface area (Å²) < 4.78 is 1.64. The van der Waals surface area contributed by atoms with Gasteiger partial charge in [0.1, 0.15) is 11.6 Å². The zero-order valence-corrected chi connectivity index (χ0v) is 19.2. The van der Waals surface area contributed by atoms with E-state index in [1.54, 1.807) is 103 Å². The van der Waals surface area contributed by atoms with Crippen LogP contribution in [-0.2, 0) is 14.4 Å². The number of nitrogens with zero attached hydrogens (tertiary/aromatic N) is 3. The number of carboxylic acids is 1. The molecule has 0 radical (unpaired) electrons. The number of barbiturate groups is 1. The van der Waals surface area contributed by atoms with Crippen molar-refractivity contribution in [1.29, 1.82) is 0 Å². The number of aromatic nitrogens is 1. The van der Waals surface area contributed by atoms with Gasteiger partial charge in [-0.2, -0.15) is 0 Å². The van der Waals surface area contributed by atoms with Gasteiger partial charge in [-0.05, 0) is 61.0 Å². The fraction of sp³-hybridized carbons (Fsp3) is 0.0714. The average Bonchev–Trinajstić information content (AvgIpc) is 3.30. The first-order valence-corrected chi connectivity index (χ1v) is 11.2. The van der Waals surface area contributed by atoms with Crippen LogP contribution in [0, 0.1) is 0 Å². The number of rotatable bonds is 5. The number of carbonyl (C=O) groups is 4. The molecule has 36 heavy (non-hydrogen) atoms. The first kappa shape index (κ1) is 22.8. The van der Waals surface area contributed by atoms with Crippen molar-refractivity contribution in [3.8, 4) is 0 Å². The van der Waals surface area contributed by atoms with Gasteiger partial charge >= 0.3 is 12.0 Å². The molecule has 0 bridgehead atoms. The van der Waals surface area contributed by atoms with Crippen molar-refractivity contribution < 1.29 is 24.3 Å². The number of para-hydroxylation sites is 2. The number of urea groups is 1. The van der Waals surface area contributed by atoms with Crippen molar-refractivity contribution in [3.05, 3.63) is 102 Å². The highest BCUT2D eigenvalue weighted by atomic mass is 16.4. The minimum atomic E-state index is -0.955. The van der Waals surface area contributed by atoms with Crippen molar-refractivity contribution in [1.82, 2.24) is 4.57 Å². The third-order valence-corrected chi connectivity index (χ3v) is 6.11. The van der Waals surface area contributed by atoms with E-state index in [2.05, 4.69) is 0 Å². The van der Waals surface area contributed by atoms with Crippen LogP contribution < -0.4 is 9.80 Å². The topological polar surface area (TPSA) is 99.9 Å². The number of hydrogen-bond donors (Lipinski definition) is 1. The molecule has 1 fully saturated rings. The Morgan fingerprint density at radius 1 is 0.806 bits per heavy atom. The van der Waals surface area contributed by atoms with E-state index in [0.717, 1.165) is 15.2 Å². The van der Waals surface area contributed by atoms with Crippen LogP contribution >= 0.6 is 0 Å². The van der Waals surface area contributed by atoms with Crippen molar-refractivity contribution in [3.63, 3.8) is 0 Å². The summed E-state index contributed by atoms with van der Waals surface area (Å²) >= 11 is 0. The molecule has 0 aliphatic carbocycles. The molecule has 5 rings (SSSR count). The third-order valence-electron chi connectivity index (χ3n) is 6.11. The van der Waals surface area contributed by atoms with Gasteiger partial charge in [0.15, 0.2) is 0 Å². The van der Waals surface area contributed by atoms with Crippen molar-refractivity contribution in [2.75, 3.05) is 9.80 Å². The molecule has 4 aromatic rings. The molecule has 178 valence electrons. The lowest BCUT2D eigenvalue weighted by Gasteiger charge is -2.33. The first-order chi connectivity index (χ1) is 17.4. The quantitative estimate of drug-likeness (QED) is 0.325. The predicted octanol–water partition coefficient (Wildman–Crippen LogP) is 4.87. The smallest absolute Gasteiger partial charge is 0.343 e. The van der Waals surface area contributed by atoms with Crippen molar-refractivity contribution >= 4 is 52.2 Å². The van der Waals surface area contributed by atoms with Gasteiger partial charge in [-0.25, -0.2) is 19.4 Å². The molecule has 8 heteroatoms. The van der Waals surface area contributed by atoms with Gasteiger partial charge in [-0.1, -0.05) is 42.5 Å². The fourth-order valence-corrected chi connectivity index (χ4v) is 4.23. The summed E-state index contributed by atoms with van der Waals surface area (Å²) in [5.74, 6) is -2.40. The Kier molecular flexibility index (Phi) is 5.69. The number of carboxylic acid groups (broad SMARTS) is 1. The number of anilines is 2. The molecule has 0 saturated carbocycles. The maximum absolute atomic E-state index is 13.5. The summed E-state index contributed by atoms with van der Waals surface area (Å²) in [4.78, 5) is 53.7. The third kappa shape index (κ3) is 3.84. The highest BCUT2D eigenvalue weighted by Crippen LogP contribution is 2.30. The second-order valence-corrected chi connectivity index (χ2v) is 8.35. The lowest BCUT2D eigenvalue weighted by molar-refractivity contribution is -0.140. The van der Waals surface area contributed by atoms with Crippen LogP contribution in [0.25, 0.3) is 17.0 Å². The highest BCUT2D eigenvalue weighted by Gasteiger charge is 2.43. The van der Waals surface area contributed by atoms with Gasteiger partial charge in [0.25, 0.3) is 11.8 Å². The molecule has 1 aliphatic rings. The number of aliphatic carboxylic acids is 1. The molecule has 1 saturated heterocycles. The van der Waals surface area contributed by atoms with Crippen LogP contribution in [0.15, 0.2) is 96.7 Å². The van der Waals surface area contributed by atoms with E-state index in [4.69, 9.17) is 0 Å². The molecule has 0 spiro atoms. The Balaban J connectivity index is 1.61. The standard InChI is InChI=1S/C28H21N3O5/c1-18(27(34)35)29-15-14-20-16-19(12-13-24(20)29)17-23-25(32)30(21-8-4-2-5-9-21)28(36)31(26(23)33)22-10-6-3-7-11-22/h2-18H,1H3,(H,34,35)/t18-/m0/s1. The summed E-state index contributed by atoms with van der Waals surface area (Å²) in [6.45, 7) is 1.59. The van der Waals surface area contributed by atoms with E-state index in [0.29, 0.717) is 22.5 Å². The van der Waals surface area contributed by atoms with Crippen molar-refractivity contribution in [2.45, 2.75) is 13.0 Å². The number of amides is 4. The van der Waals surface area contributed by atoms with E-state index < -0.39 is 29.9 Å². The van der Waals surface area contributed by atoms with Crippen LogP contribution in [0.1, 0.15) is 18.5 Å². The molecule has 3 aromatic carbocycles. The van der Waals surface area contributed by atoms with Crippen LogP contribution in [0.3, 0.4) is 0 Å². The minimum Gasteiger partial charge on any atom is -0.480 e. The zero-order chi connectivity index (χ0) is 25.4. The second-order valence-electron chi connectivity index (χ2n) is 8.35. The van der Waals surface area contributed by atoms with E-state index in [-0.39, 0.29) is 5.57 Å². The summed E-state index contributed by atoms with van der Waals surface area (Å²) in [5.41, 5.74) is 1.81. The Bertz CT molecular complexity index is 1480. The van der Waals surface area contributed by atoms with Crippen LogP contribution in [0.2, 0.25) is 0 Å². The molecule has 1 aromatic heterocycles. The summed E-state index contributed by atoms with van der Waals surface area (Å²) in [7, 11) is 0. The molecule has 8 nitrogen and oxygen atoms in total. The Morgan fingerprint density at radius 3 is 1.89 bits per heavy atom. The van der Waals surface area contributed by atoms with Crippen molar-refractivity contribution in [2.24, 2.45) is 0 Å². The molecule has 4 amide bonds. The van der Waals surface area contributed by atoms with Crippen LogP contribution in [0.4, 0.5) is 16.2 Å². The van der Waals surface area contributed by atoms with Crippen LogP contribution in [0.5, 0.6) is 0 Å². The number of imide groups is 2. The second kappa shape index (κ2) is 8.99. The normalized spacial score (nSPS) is 14.9. The number of hydrogen-bond acceptors (Lipinski definition) is 4. The monoisotopic (exact) mass is 479 g/mol. The molecule has 1 atom stereocenters.